The Morgan fingerprint density at radius 2 is 1.97 bits per heavy atom. The van der Waals surface area contributed by atoms with E-state index in [1.165, 1.54) is 23.3 Å². The summed E-state index contributed by atoms with van der Waals surface area (Å²) in [4.78, 5) is 42.3. The molecule has 2 saturated heterocycles. The molecule has 0 saturated carbocycles. The summed E-state index contributed by atoms with van der Waals surface area (Å²) in [5.74, 6) is -1.90. The SMILES string of the molecule is COC(=O)[C@]1(CCSC)N[C@H](c2cccs2)[C@H]2C(=O)N(c3ccccc3)C(=O)[C@H]21. The average Bonchev–Trinajstić information content (AvgIpc) is 3.44. The van der Waals surface area contributed by atoms with E-state index in [-0.39, 0.29) is 11.8 Å². The van der Waals surface area contributed by atoms with Crippen LogP contribution in [0.1, 0.15) is 17.3 Å². The molecule has 1 aromatic heterocycles. The van der Waals surface area contributed by atoms with Gasteiger partial charge >= 0.3 is 5.97 Å². The van der Waals surface area contributed by atoms with Gasteiger partial charge in [0.25, 0.3) is 0 Å². The molecule has 0 bridgehead atoms. The van der Waals surface area contributed by atoms with Gasteiger partial charge in [0.2, 0.25) is 11.8 Å². The lowest BCUT2D eigenvalue weighted by molar-refractivity contribution is -0.152. The summed E-state index contributed by atoms with van der Waals surface area (Å²) in [6, 6.07) is 12.3. The quantitative estimate of drug-likeness (QED) is 0.561. The van der Waals surface area contributed by atoms with Crippen molar-refractivity contribution in [2.75, 3.05) is 24.0 Å². The average molecular weight is 431 g/mol. The van der Waals surface area contributed by atoms with Gasteiger partial charge in [0.1, 0.15) is 5.54 Å². The Morgan fingerprint density at radius 1 is 1.21 bits per heavy atom. The first kappa shape index (κ1) is 20.1. The first-order valence-corrected chi connectivity index (χ1v) is 11.6. The van der Waals surface area contributed by atoms with Gasteiger partial charge in [0.15, 0.2) is 0 Å². The number of hydrogen-bond acceptors (Lipinski definition) is 7. The number of nitrogens with zero attached hydrogens (tertiary/aromatic N) is 1. The largest absolute Gasteiger partial charge is 0.468 e. The van der Waals surface area contributed by atoms with Crippen molar-refractivity contribution in [1.29, 1.82) is 0 Å². The Labute approximate surface area is 177 Å². The summed E-state index contributed by atoms with van der Waals surface area (Å²) < 4.78 is 5.14. The monoisotopic (exact) mass is 430 g/mol. The molecular formula is C21H22N2O4S2. The highest BCUT2D eigenvalue weighted by Crippen LogP contribution is 2.52. The van der Waals surface area contributed by atoms with E-state index in [2.05, 4.69) is 5.32 Å². The number of fused-ring (bicyclic) bond motifs is 1. The molecule has 1 N–H and O–H groups in total. The van der Waals surface area contributed by atoms with Crippen molar-refractivity contribution in [2.24, 2.45) is 11.8 Å². The summed E-state index contributed by atoms with van der Waals surface area (Å²) in [6.45, 7) is 0. The number of methoxy groups -OCH3 is 1. The van der Waals surface area contributed by atoms with Gasteiger partial charge in [-0.1, -0.05) is 24.3 Å². The van der Waals surface area contributed by atoms with Gasteiger partial charge in [0, 0.05) is 4.88 Å². The number of anilines is 1. The predicted molar refractivity (Wildman–Crippen MR) is 114 cm³/mol. The molecule has 0 spiro atoms. The lowest BCUT2D eigenvalue weighted by Gasteiger charge is -2.32. The molecule has 4 rings (SSSR count). The second-order valence-electron chi connectivity index (χ2n) is 7.19. The summed E-state index contributed by atoms with van der Waals surface area (Å²) >= 11 is 3.10. The molecule has 0 radical (unpaired) electrons. The summed E-state index contributed by atoms with van der Waals surface area (Å²) in [5.41, 5.74) is -0.696. The molecule has 2 aliphatic heterocycles. The van der Waals surface area contributed by atoms with Crippen molar-refractivity contribution in [3.05, 3.63) is 52.7 Å². The molecule has 2 aliphatic rings. The molecule has 8 heteroatoms. The fourth-order valence-corrected chi connectivity index (χ4v) is 5.86. The number of rotatable bonds is 6. The maximum atomic E-state index is 13.6. The van der Waals surface area contributed by atoms with Crippen LogP contribution in [0, 0.1) is 11.8 Å². The Balaban J connectivity index is 1.84. The smallest absolute Gasteiger partial charge is 0.326 e. The lowest BCUT2D eigenvalue weighted by Crippen LogP contribution is -2.56. The van der Waals surface area contributed by atoms with Gasteiger partial charge in [-0.3, -0.25) is 19.7 Å². The Kier molecular flexibility index (Phi) is 5.50. The van der Waals surface area contributed by atoms with Crippen LogP contribution in [0.4, 0.5) is 5.69 Å². The number of esters is 1. The van der Waals surface area contributed by atoms with Gasteiger partial charge in [-0.25, -0.2) is 4.90 Å². The van der Waals surface area contributed by atoms with Gasteiger partial charge in [-0.2, -0.15) is 11.8 Å². The number of thioether (sulfide) groups is 1. The van der Waals surface area contributed by atoms with Crippen LogP contribution in [0.25, 0.3) is 0 Å². The van der Waals surface area contributed by atoms with Gasteiger partial charge in [-0.05, 0) is 42.0 Å². The number of para-hydroxylation sites is 1. The number of carbonyl (C=O) groups is 3. The number of carbonyl (C=O) groups excluding carboxylic acids is 3. The van der Waals surface area contributed by atoms with Gasteiger partial charge in [0.05, 0.1) is 30.7 Å². The zero-order chi connectivity index (χ0) is 20.6. The van der Waals surface area contributed by atoms with Crippen LogP contribution in [0.15, 0.2) is 47.8 Å². The highest BCUT2D eigenvalue weighted by molar-refractivity contribution is 7.98. The molecular weight excluding hydrogens is 408 g/mol. The Hall–Kier alpha value is -2.16. The van der Waals surface area contributed by atoms with Crippen molar-refractivity contribution in [1.82, 2.24) is 5.32 Å². The van der Waals surface area contributed by atoms with E-state index in [4.69, 9.17) is 4.74 Å². The first-order valence-electron chi connectivity index (χ1n) is 9.36. The molecule has 2 aromatic rings. The maximum Gasteiger partial charge on any atom is 0.326 e. The summed E-state index contributed by atoms with van der Waals surface area (Å²) in [7, 11) is 1.33. The van der Waals surface area contributed by atoms with E-state index in [9.17, 15) is 14.4 Å². The summed E-state index contributed by atoms with van der Waals surface area (Å²) in [5, 5.41) is 5.31. The van der Waals surface area contributed by atoms with Gasteiger partial charge < -0.3 is 4.74 Å². The van der Waals surface area contributed by atoms with Crippen LogP contribution >= 0.6 is 23.1 Å². The van der Waals surface area contributed by atoms with E-state index >= 15 is 0 Å². The third kappa shape index (κ3) is 3.10. The zero-order valence-corrected chi connectivity index (χ0v) is 17.8. The number of thiophene rings is 1. The van der Waals surface area contributed by atoms with Crippen LogP contribution < -0.4 is 10.2 Å². The van der Waals surface area contributed by atoms with Crippen molar-refractivity contribution in [2.45, 2.75) is 18.0 Å². The van der Waals surface area contributed by atoms with E-state index in [1.807, 2.05) is 29.8 Å². The van der Waals surface area contributed by atoms with E-state index in [0.29, 0.717) is 17.9 Å². The van der Waals surface area contributed by atoms with Crippen LogP contribution in [0.2, 0.25) is 0 Å². The number of benzene rings is 1. The van der Waals surface area contributed by atoms with Crippen molar-refractivity contribution >= 4 is 46.6 Å². The van der Waals surface area contributed by atoms with Crippen molar-refractivity contribution in [3.63, 3.8) is 0 Å². The highest BCUT2D eigenvalue weighted by Gasteiger charge is 2.68. The number of imide groups is 1. The molecule has 0 aliphatic carbocycles. The first-order chi connectivity index (χ1) is 14.0. The van der Waals surface area contributed by atoms with Crippen LogP contribution in [-0.2, 0) is 19.1 Å². The Bertz CT molecular complexity index is 918. The molecule has 4 atom stereocenters. The summed E-state index contributed by atoms with van der Waals surface area (Å²) in [6.07, 6.45) is 2.36. The third-order valence-corrected chi connectivity index (χ3v) is 7.34. The molecule has 0 unspecified atom stereocenters. The third-order valence-electron chi connectivity index (χ3n) is 5.77. The molecule has 3 heterocycles. The molecule has 6 nitrogen and oxygen atoms in total. The van der Waals surface area contributed by atoms with Crippen LogP contribution in [-0.4, -0.2) is 42.4 Å². The van der Waals surface area contributed by atoms with Crippen LogP contribution in [0.5, 0.6) is 0 Å². The maximum absolute atomic E-state index is 13.6. The fourth-order valence-electron chi connectivity index (χ4n) is 4.51. The molecule has 1 aromatic carbocycles. The van der Waals surface area contributed by atoms with E-state index in [1.54, 1.807) is 36.0 Å². The second-order valence-corrected chi connectivity index (χ2v) is 9.16. The van der Waals surface area contributed by atoms with Crippen LogP contribution in [0.3, 0.4) is 0 Å². The Morgan fingerprint density at radius 3 is 2.59 bits per heavy atom. The standard InChI is InChI=1S/C21H22N2O4S2/c1-27-20(26)21(10-12-28-2)16-15(17(22-21)14-9-6-11-29-14)18(24)23(19(16)25)13-7-4-3-5-8-13/h3-9,11,15-17,22H,10,12H2,1-2H3/t15-,16-,17+,21+/m0/s1. The van der Waals surface area contributed by atoms with Gasteiger partial charge in [-0.15, -0.1) is 11.3 Å². The number of nitrogens with one attached hydrogen (secondary N) is 1. The van der Waals surface area contributed by atoms with E-state index in [0.717, 1.165) is 4.88 Å². The second kappa shape index (κ2) is 7.93. The molecule has 2 fully saturated rings. The topological polar surface area (TPSA) is 75.7 Å². The predicted octanol–water partition coefficient (Wildman–Crippen LogP) is 2.86. The molecule has 152 valence electrons. The molecule has 29 heavy (non-hydrogen) atoms. The fraction of sp³-hybridized carbons (Fsp3) is 0.381. The van der Waals surface area contributed by atoms with E-state index < -0.39 is 29.4 Å². The minimum atomic E-state index is -1.23. The van der Waals surface area contributed by atoms with Crippen molar-refractivity contribution in [3.8, 4) is 0 Å². The number of amides is 2. The zero-order valence-electron chi connectivity index (χ0n) is 16.2. The molecule has 2 amide bonds. The lowest BCUT2D eigenvalue weighted by atomic mass is 9.78. The van der Waals surface area contributed by atoms with Crippen molar-refractivity contribution < 1.29 is 19.1 Å². The highest BCUT2D eigenvalue weighted by atomic mass is 32.2. The normalized spacial score (nSPS) is 28.6. The minimum Gasteiger partial charge on any atom is -0.468 e. The number of ether oxygens (including phenoxy) is 1. The number of hydrogen-bond donors (Lipinski definition) is 1. The minimum absolute atomic E-state index is 0.271.